The number of fused-ring (bicyclic) bond motifs is 1. The maximum absolute atomic E-state index is 13.8. The summed E-state index contributed by atoms with van der Waals surface area (Å²) in [6.45, 7) is 3.83. The molecule has 0 bridgehead atoms. The van der Waals surface area contributed by atoms with Crippen molar-refractivity contribution in [1.29, 1.82) is 0 Å². The monoisotopic (exact) mass is 676 g/mol. The highest BCUT2D eigenvalue weighted by Crippen LogP contribution is 2.31. The van der Waals surface area contributed by atoms with Crippen LogP contribution in [0.5, 0.6) is 5.75 Å². The number of aliphatic hydroxyl groups excluding tert-OH is 1. The summed E-state index contributed by atoms with van der Waals surface area (Å²) in [4.78, 5) is 54.7. The van der Waals surface area contributed by atoms with Crippen LogP contribution in [0, 0.1) is 11.7 Å². The molecule has 6 N–H and O–H groups in total. The first kappa shape index (κ1) is 36.7. The minimum atomic E-state index is -0.531. The fraction of sp³-hybridized carbons (Fsp3) is 0.389. The van der Waals surface area contributed by atoms with E-state index in [1.54, 1.807) is 61.3 Å². The topological polar surface area (TPSA) is 166 Å². The van der Waals surface area contributed by atoms with Crippen molar-refractivity contribution in [3.63, 3.8) is 0 Å². The molecular weight excluding hydrogens is 631 g/mol. The minimum Gasteiger partial charge on any atom is -0.487 e. The van der Waals surface area contributed by atoms with Gasteiger partial charge in [-0.1, -0.05) is 25.5 Å². The molecule has 1 aliphatic heterocycles. The van der Waals surface area contributed by atoms with Gasteiger partial charge in [0.05, 0.1) is 36.1 Å². The Kier molecular flexibility index (Phi) is 12.9. The number of hydrogen-bond acceptors (Lipinski definition) is 7. The first-order chi connectivity index (χ1) is 23.4. The van der Waals surface area contributed by atoms with Gasteiger partial charge in [-0.05, 0) is 74.4 Å². The van der Waals surface area contributed by atoms with Gasteiger partial charge in [0, 0.05) is 43.7 Å². The van der Waals surface area contributed by atoms with E-state index in [9.17, 15) is 28.7 Å². The first-order valence-electron chi connectivity index (χ1n) is 16.4. The number of benzene rings is 3. The molecule has 0 radical (unpaired) electrons. The number of aliphatic hydroxyl groups is 1. The zero-order valence-electron chi connectivity index (χ0n) is 28.1. The van der Waals surface area contributed by atoms with E-state index in [2.05, 4.69) is 16.0 Å². The molecule has 0 spiro atoms. The van der Waals surface area contributed by atoms with Crippen molar-refractivity contribution in [2.45, 2.75) is 58.1 Å². The van der Waals surface area contributed by atoms with Crippen LogP contribution in [0.15, 0.2) is 66.7 Å². The average molecular weight is 677 g/mol. The number of unbranched alkanes of at least 4 members (excludes halogenated alkanes) is 2. The summed E-state index contributed by atoms with van der Waals surface area (Å²) in [6, 6.07) is 16.4. The van der Waals surface area contributed by atoms with Crippen LogP contribution in [0.4, 0.5) is 31.9 Å². The molecule has 4 rings (SSSR count). The number of ether oxygens (including phenoxy) is 1. The van der Waals surface area contributed by atoms with Crippen LogP contribution in [-0.4, -0.2) is 77.5 Å². The second-order valence-electron chi connectivity index (χ2n) is 12.4. The predicted molar refractivity (Wildman–Crippen MR) is 187 cm³/mol. The van der Waals surface area contributed by atoms with Crippen LogP contribution in [0.1, 0.15) is 56.3 Å². The summed E-state index contributed by atoms with van der Waals surface area (Å²) >= 11 is 0. The maximum atomic E-state index is 13.8. The summed E-state index contributed by atoms with van der Waals surface area (Å²) in [6.07, 6.45) is 1.86. The van der Waals surface area contributed by atoms with Crippen LogP contribution < -0.4 is 26.4 Å². The Balaban J connectivity index is 1.36. The van der Waals surface area contributed by atoms with Gasteiger partial charge in [0.2, 0.25) is 11.8 Å². The number of nitrogen functional groups attached to an aromatic ring is 1. The van der Waals surface area contributed by atoms with Crippen LogP contribution in [0.25, 0.3) is 0 Å². The third-order valence-electron chi connectivity index (χ3n) is 8.39. The summed E-state index contributed by atoms with van der Waals surface area (Å²) < 4.78 is 19.6. The molecule has 0 aromatic heterocycles. The Morgan fingerprint density at radius 1 is 0.980 bits per heavy atom. The zero-order valence-corrected chi connectivity index (χ0v) is 28.1. The summed E-state index contributed by atoms with van der Waals surface area (Å²) in [5.74, 6) is -1.08. The van der Waals surface area contributed by atoms with E-state index in [1.807, 2.05) is 6.92 Å². The fourth-order valence-electron chi connectivity index (χ4n) is 5.42. The lowest BCUT2D eigenvalue weighted by Crippen LogP contribution is -2.50. The molecule has 12 nitrogen and oxygen atoms in total. The number of nitrogens with zero attached hydrogens (tertiary/aromatic N) is 2. The number of rotatable bonds is 13. The number of urea groups is 1. The molecule has 0 fully saturated rings. The third kappa shape index (κ3) is 10.4. The van der Waals surface area contributed by atoms with Crippen LogP contribution in [-0.2, 0) is 9.59 Å². The van der Waals surface area contributed by atoms with E-state index in [-0.39, 0.29) is 61.1 Å². The smallest absolute Gasteiger partial charge is 0.321 e. The van der Waals surface area contributed by atoms with Gasteiger partial charge in [0.25, 0.3) is 5.91 Å². The van der Waals surface area contributed by atoms with Gasteiger partial charge in [0.15, 0.2) is 0 Å². The number of nitrogens with one attached hydrogen (secondary N) is 3. The number of amides is 5. The van der Waals surface area contributed by atoms with E-state index in [1.165, 1.54) is 29.2 Å². The molecule has 262 valence electrons. The Bertz CT molecular complexity index is 1620. The van der Waals surface area contributed by atoms with Crippen molar-refractivity contribution in [3.05, 3.63) is 78.1 Å². The van der Waals surface area contributed by atoms with Gasteiger partial charge in [0.1, 0.15) is 17.7 Å². The van der Waals surface area contributed by atoms with Gasteiger partial charge >= 0.3 is 6.03 Å². The number of carbonyl (C=O) groups is 4. The predicted octanol–water partition coefficient (Wildman–Crippen LogP) is 5.32. The average Bonchev–Trinajstić information content (AvgIpc) is 3.08. The van der Waals surface area contributed by atoms with Gasteiger partial charge in [-0.2, -0.15) is 0 Å². The van der Waals surface area contributed by atoms with Crippen molar-refractivity contribution in [1.82, 2.24) is 9.80 Å². The molecular formula is C36H45FN6O6. The van der Waals surface area contributed by atoms with Gasteiger partial charge in [-0.25, -0.2) is 9.18 Å². The Morgan fingerprint density at radius 2 is 1.63 bits per heavy atom. The standard InChI is InChI=1S/C36H45FN6O6/c1-23-20-43(24(2)22-44)35(47)28-19-27(39-33(45)11-5-4-6-12-34(46)41-30-10-8-7-9-29(30)38)17-18-31(28)49-32(23)21-42(3)36(48)40-26-15-13-25(37)14-16-26/h7-10,13-19,23-24,32,44H,4-6,11-12,20-22,38H2,1-3H3,(H,39,45)(H,40,48)(H,41,46)/t23-,24-,32-/m0/s1. The Morgan fingerprint density at radius 3 is 2.31 bits per heavy atom. The van der Waals surface area contributed by atoms with E-state index in [4.69, 9.17) is 10.5 Å². The molecule has 1 heterocycles. The highest BCUT2D eigenvalue weighted by Gasteiger charge is 2.34. The number of hydrogen-bond donors (Lipinski definition) is 5. The summed E-state index contributed by atoms with van der Waals surface area (Å²) in [7, 11) is 1.61. The van der Waals surface area contributed by atoms with Crippen molar-refractivity contribution >= 4 is 46.5 Å². The number of halogens is 1. The summed E-state index contributed by atoms with van der Waals surface area (Å²) in [5.41, 5.74) is 8.02. The van der Waals surface area contributed by atoms with Crippen molar-refractivity contribution < 1.29 is 33.4 Å². The lowest BCUT2D eigenvalue weighted by Gasteiger charge is -2.38. The highest BCUT2D eigenvalue weighted by atomic mass is 19.1. The fourth-order valence-corrected chi connectivity index (χ4v) is 5.42. The molecule has 1 aliphatic rings. The molecule has 0 saturated heterocycles. The lowest BCUT2D eigenvalue weighted by molar-refractivity contribution is -0.116. The lowest BCUT2D eigenvalue weighted by atomic mass is 9.99. The molecule has 0 saturated carbocycles. The first-order valence-corrected chi connectivity index (χ1v) is 16.4. The van der Waals surface area contributed by atoms with Gasteiger partial charge < -0.3 is 41.3 Å². The Labute approximate surface area is 285 Å². The number of para-hydroxylation sites is 2. The van der Waals surface area contributed by atoms with Crippen LogP contribution in [0.3, 0.4) is 0 Å². The number of anilines is 4. The van der Waals surface area contributed by atoms with Crippen LogP contribution in [0.2, 0.25) is 0 Å². The third-order valence-corrected chi connectivity index (χ3v) is 8.39. The van der Waals surface area contributed by atoms with Gasteiger partial charge in [-0.3, -0.25) is 14.4 Å². The second kappa shape index (κ2) is 17.3. The Hall–Kier alpha value is -5.17. The molecule has 3 atom stereocenters. The highest BCUT2D eigenvalue weighted by molar-refractivity contribution is 6.00. The molecule has 13 heteroatoms. The van der Waals surface area contributed by atoms with Gasteiger partial charge in [-0.15, -0.1) is 0 Å². The van der Waals surface area contributed by atoms with E-state index in [0.29, 0.717) is 48.4 Å². The normalized spacial score (nSPS) is 16.3. The molecule has 3 aromatic carbocycles. The van der Waals surface area contributed by atoms with Crippen molar-refractivity contribution in [2.75, 3.05) is 48.4 Å². The molecule has 0 unspecified atom stereocenters. The van der Waals surface area contributed by atoms with E-state index >= 15 is 0 Å². The second-order valence-corrected chi connectivity index (χ2v) is 12.4. The SMILES string of the molecule is C[C@H]1CN([C@@H](C)CO)C(=O)c2cc(NC(=O)CCCCCC(=O)Nc3ccccc3N)ccc2O[C@H]1CN(C)C(=O)Nc1ccc(F)cc1. The van der Waals surface area contributed by atoms with Crippen LogP contribution >= 0.6 is 0 Å². The molecule has 49 heavy (non-hydrogen) atoms. The van der Waals surface area contributed by atoms with E-state index < -0.39 is 24.0 Å². The quantitative estimate of drug-likeness (QED) is 0.121. The largest absolute Gasteiger partial charge is 0.487 e. The minimum absolute atomic E-state index is 0.142. The number of carbonyl (C=O) groups excluding carboxylic acids is 4. The molecule has 5 amide bonds. The maximum Gasteiger partial charge on any atom is 0.321 e. The molecule has 3 aromatic rings. The summed E-state index contributed by atoms with van der Waals surface area (Å²) in [5, 5.41) is 18.3. The van der Waals surface area contributed by atoms with E-state index in [0.717, 1.165) is 0 Å². The zero-order chi connectivity index (χ0) is 35.5. The van der Waals surface area contributed by atoms with Crippen molar-refractivity contribution in [3.8, 4) is 5.75 Å². The number of likely N-dealkylation sites (N-methyl/N-ethyl adjacent to an activating group) is 1. The van der Waals surface area contributed by atoms with Crippen molar-refractivity contribution in [2.24, 2.45) is 5.92 Å². The molecule has 0 aliphatic carbocycles. The number of nitrogens with two attached hydrogens (primary N) is 1.